The molecule has 0 aliphatic carbocycles. The topological polar surface area (TPSA) is 83.8 Å². The van der Waals surface area contributed by atoms with Crippen molar-refractivity contribution in [3.63, 3.8) is 0 Å². The first kappa shape index (κ1) is 24.6. The predicted octanol–water partition coefficient (Wildman–Crippen LogP) is 1.32. The number of aryl methyl sites for hydroxylation is 1. The predicted molar refractivity (Wildman–Crippen MR) is 115 cm³/mol. The number of nitrogens with zero attached hydrogens (tertiary/aromatic N) is 4. The van der Waals surface area contributed by atoms with Crippen LogP contribution < -0.4 is 10.6 Å². The zero-order chi connectivity index (χ0) is 18.8. The molecule has 0 aliphatic heterocycles. The fourth-order valence-corrected chi connectivity index (χ4v) is 2.46. The lowest BCUT2D eigenvalue weighted by atomic mass is 10.1. The summed E-state index contributed by atoms with van der Waals surface area (Å²) in [6.07, 6.45) is 2.03. The maximum atomic E-state index is 11.8. The Hall–Kier alpha value is -1.36. The lowest BCUT2D eigenvalue weighted by Crippen LogP contribution is -2.39. The van der Waals surface area contributed by atoms with Gasteiger partial charge in [0.25, 0.3) is 0 Å². The van der Waals surface area contributed by atoms with E-state index in [1.807, 2.05) is 36.8 Å². The molecule has 0 bridgehead atoms. The molecule has 1 heterocycles. The number of halogens is 1. The van der Waals surface area contributed by atoms with Crippen LogP contribution in [0.5, 0.6) is 0 Å². The molecule has 0 radical (unpaired) electrons. The first-order chi connectivity index (χ1) is 11.9. The second-order valence-corrected chi connectivity index (χ2v) is 6.24. The lowest BCUT2D eigenvalue weighted by Gasteiger charge is -2.22. The van der Waals surface area contributed by atoms with Gasteiger partial charge in [0, 0.05) is 52.6 Å². The van der Waals surface area contributed by atoms with Crippen LogP contribution in [-0.2, 0) is 23.1 Å². The van der Waals surface area contributed by atoms with Crippen molar-refractivity contribution < 1.29 is 9.53 Å². The molecule has 9 heteroatoms. The summed E-state index contributed by atoms with van der Waals surface area (Å²) in [6.45, 7) is 8.76. The molecule has 1 rings (SSSR count). The van der Waals surface area contributed by atoms with Crippen molar-refractivity contribution in [3.8, 4) is 0 Å². The molecule has 0 atom stereocenters. The van der Waals surface area contributed by atoms with E-state index < -0.39 is 0 Å². The average molecular weight is 480 g/mol. The second kappa shape index (κ2) is 12.9. The maximum absolute atomic E-state index is 11.8. The van der Waals surface area contributed by atoms with Crippen LogP contribution in [0, 0.1) is 0 Å². The van der Waals surface area contributed by atoms with Crippen LogP contribution in [0.1, 0.15) is 37.9 Å². The van der Waals surface area contributed by atoms with Crippen molar-refractivity contribution in [2.45, 2.75) is 33.2 Å². The van der Waals surface area contributed by atoms with Crippen molar-refractivity contribution in [2.24, 2.45) is 12.0 Å². The molecule has 0 unspecified atom stereocenters. The van der Waals surface area contributed by atoms with Gasteiger partial charge in [0.05, 0.1) is 12.3 Å². The summed E-state index contributed by atoms with van der Waals surface area (Å²) < 4.78 is 6.75. The zero-order valence-electron chi connectivity index (χ0n) is 16.7. The van der Waals surface area contributed by atoms with Gasteiger partial charge < -0.3 is 20.3 Å². The molecule has 0 aromatic carbocycles. The van der Waals surface area contributed by atoms with E-state index in [0.29, 0.717) is 31.6 Å². The normalized spacial score (nSPS) is 11.3. The van der Waals surface area contributed by atoms with E-state index in [-0.39, 0.29) is 36.4 Å². The Morgan fingerprint density at radius 3 is 2.69 bits per heavy atom. The molecule has 0 fully saturated rings. The average Bonchev–Trinajstić information content (AvgIpc) is 2.92. The van der Waals surface area contributed by atoms with Gasteiger partial charge in [-0.05, 0) is 12.8 Å². The van der Waals surface area contributed by atoms with Gasteiger partial charge in [-0.25, -0.2) is 4.99 Å². The maximum Gasteiger partial charge on any atom is 0.241 e. The number of rotatable bonds is 9. The third kappa shape index (κ3) is 8.35. The molecule has 1 aromatic rings. The second-order valence-electron chi connectivity index (χ2n) is 6.24. The highest BCUT2D eigenvalue weighted by Crippen LogP contribution is 2.18. The van der Waals surface area contributed by atoms with E-state index in [0.717, 1.165) is 17.8 Å². The highest BCUT2D eigenvalue weighted by Gasteiger charge is 2.15. The Balaban J connectivity index is 0.00000625. The van der Waals surface area contributed by atoms with Crippen LogP contribution in [0.2, 0.25) is 0 Å². The quantitative estimate of drug-likeness (QED) is 0.241. The summed E-state index contributed by atoms with van der Waals surface area (Å²) >= 11 is 0. The summed E-state index contributed by atoms with van der Waals surface area (Å²) in [6, 6.07) is 0. The number of aromatic nitrogens is 2. The molecule has 0 saturated heterocycles. The number of aliphatic imine (C=N–C) groups is 1. The summed E-state index contributed by atoms with van der Waals surface area (Å²) in [5.74, 6) is 0.934. The minimum absolute atomic E-state index is 0. The van der Waals surface area contributed by atoms with Crippen molar-refractivity contribution in [1.29, 1.82) is 0 Å². The van der Waals surface area contributed by atoms with Gasteiger partial charge in [-0.1, -0.05) is 13.8 Å². The van der Waals surface area contributed by atoms with Crippen molar-refractivity contribution >= 4 is 35.8 Å². The van der Waals surface area contributed by atoms with E-state index in [2.05, 4.69) is 34.6 Å². The minimum atomic E-state index is -0.120. The number of nitrogens with one attached hydrogen (secondary N) is 2. The molecule has 150 valence electrons. The minimum Gasteiger partial charge on any atom is -0.383 e. The fourth-order valence-electron chi connectivity index (χ4n) is 2.46. The van der Waals surface area contributed by atoms with Crippen LogP contribution in [0.4, 0.5) is 0 Å². The van der Waals surface area contributed by atoms with E-state index in [4.69, 9.17) is 4.74 Å². The van der Waals surface area contributed by atoms with Crippen LogP contribution in [0.3, 0.4) is 0 Å². The first-order valence-corrected chi connectivity index (χ1v) is 8.66. The van der Waals surface area contributed by atoms with E-state index in [1.165, 1.54) is 0 Å². The number of guanidine groups is 1. The van der Waals surface area contributed by atoms with E-state index in [9.17, 15) is 4.79 Å². The standard InChI is InChI=1S/C17H32N6O2.HI/c1-7-18-17(20-10-15(24)19-8-9-25-6)22(4)11-14-12-23(5)21-16(14)13(2)3;/h12-13H,7-11H2,1-6H3,(H,18,20)(H,19,24);1H. The molecular weight excluding hydrogens is 447 g/mol. The van der Waals surface area contributed by atoms with Gasteiger partial charge in [-0.15, -0.1) is 24.0 Å². The first-order valence-electron chi connectivity index (χ1n) is 8.66. The number of hydrogen-bond donors (Lipinski definition) is 2. The molecule has 2 N–H and O–H groups in total. The molecule has 0 saturated carbocycles. The Kier molecular flexibility index (Phi) is 12.2. The molecule has 0 aliphatic rings. The summed E-state index contributed by atoms with van der Waals surface area (Å²) in [5.41, 5.74) is 2.25. The summed E-state index contributed by atoms with van der Waals surface area (Å²) in [7, 11) is 5.49. The third-order valence-electron chi connectivity index (χ3n) is 3.59. The molecule has 1 amide bonds. The Morgan fingerprint density at radius 1 is 1.42 bits per heavy atom. The van der Waals surface area contributed by atoms with E-state index >= 15 is 0 Å². The monoisotopic (exact) mass is 480 g/mol. The fraction of sp³-hybridized carbons (Fsp3) is 0.706. The van der Waals surface area contributed by atoms with Crippen molar-refractivity contribution in [3.05, 3.63) is 17.5 Å². The molecular formula is C17H33IN6O2. The molecule has 26 heavy (non-hydrogen) atoms. The highest BCUT2D eigenvalue weighted by atomic mass is 127. The SMILES string of the molecule is CCNC(=NCC(=O)NCCOC)N(C)Cc1cn(C)nc1C(C)C.I. The Morgan fingerprint density at radius 2 is 2.12 bits per heavy atom. The van der Waals surface area contributed by atoms with Crippen molar-refractivity contribution in [1.82, 2.24) is 25.3 Å². The van der Waals surface area contributed by atoms with Crippen LogP contribution >= 0.6 is 24.0 Å². The van der Waals surface area contributed by atoms with Crippen LogP contribution in [0.25, 0.3) is 0 Å². The number of methoxy groups -OCH3 is 1. The molecule has 1 aromatic heterocycles. The molecule has 8 nitrogen and oxygen atoms in total. The molecule has 0 spiro atoms. The third-order valence-corrected chi connectivity index (χ3v) is 3.59. The number of hydrogen-bond acceptors (Lipinski definition) is 4. The van der Waals surface area contributed by atoms with Crippen molar-refractivity contribution in [2.75, 3.05) is 40.4 Å². The number of carbonyl (C=O) groups excluding carboxylic acids is 1. The Labute approximate surface area is 173 Å². The lowest BCUT2D eigenvalue weighted by molar-refractivity contribution is -0.119. The van der Waals surface area contributed by atoms with Gasteiger partial charge in [0.1, 0.15) is 6.54 Å². The van der Waals surface area contributed by atoms with Gasteiger partial charge in [-0.3, -0.25) is 9.48 Å². The van der Waals surface area contributed by atoms with Crippen LogP contribution in [0.15, 0.2) is 11.2 Å². The number of carbonyl (C=O) groups is 1. The number of amides is 1. The summed E-state index contributed by atoms with van der Waals surface area (Å²) in [4.78, 5) is 18.3. The van der Waals surface area contributed by atoms with Gasteiger partial charge in [-0.2, -0.15) is 5.10 Å². The smallest absolute Gasteiger partial charge is 0.241 e. The van der Waals surface area contributed by atoms with Gasteiger partial charge in [0.2, 0.25) is 5.91 Å². The van der Waals surface area contributed by atoms with Crippen LogP contribution in [-0.4, -0.2) is 66.9 Å². The largest absolute Gasteiger partial charge is 0.383 e. The van der Waals surface area contributed by atoms with Gasteiger partial charge in [0.15, 0.2) is 5.96 Å². The van der Waals surface area contributed by atoms with E-state index in [1.54, 1.807) is 7.11 Å². The Bertz CT molecular complexity index is 574. The number of ether oxygens (including phenoxy) is 1. The summed E-state index contributed by atoms with van der Waals surface area (Å²) in [5, 5.41) is 10.5. The van der Waals surface area contributed by atoms with Gasteiger partial charge >= 0.3 is 0 Å². The highest BCUT2D eigenvalue weighted by molar-refractivity contribution is 14.0. The zero-order valence-corrected chi connectivity index (χ0v) is 19.0.